The van der Waals surface area contributed by atoms with Crippen LogP contribution < -0.4 is 10.5 Å². The molecule has 0 atom stereocenters. The van der Waals surface area contributed by atoms with Gasteiger partial charge in [0.05, 0.1) is 9.95 Å². The van der Waals surface area contributed by atoms with Gasteiger partial charge < -0.3 is 10.5 Å². The van der Waals surface area contributed by atoms with Crippen molar-refractivity contribution in [3.8, 4) is 11.5 Å². The van der Waals surface area contributed by atoms with Gasteiger partial charge in [-0.25, -0.2) is 0 Å². The van der Waals surface area contributed by atoms with Crippen LogP contribution in [0.5, 0.6) is 11.5 Å². The molecule has 0 heterocycles. The molecule has 7 heteroatoms. The predicted octanol–water partition coefficient (Wildman–Crippen LogP) is 3.14. The number of nitro benzene ring substituents is 1. The Morgan fingerprint density at radius 3 is 2.35 bits per heavy atom. The van der Waals surface area contributed by atoms with E-state index in [0.717, 1.165) is 0 Å². The number of benzene rings is 2. The lowest BCUT2D eigenvalue weighted by Crippen LogP contribution is -2.10. The van der Waals surface area contributed by atoms with Crippen molar-refractivity contribution in [2.75, 3.05) is 0 Å². The summed E-state index contributed by atoms with van der Waals surface area (Å²) in [5, 5.41) is 10.7. The zero-order valence-electron chi connectivity index (χ0n) is 10.1. The van der Waals surface area contributed by atoms with E-state index < -0.39 is 10.8 Å². The molecule has 0 fully saturated rings. The number of non-ortho nitro benzene ring substituents is 1. The lowest BCUT2D eigenvalue weighted by atomic mass is 10.2. The number of nitro groups is 1. The standard InChI is InChI=1S/C13H9ClN2O4/c14-11-7-9(16(18)19)3-6-12(11)20-10-4-1-8(2-5-10)13(15)17/h1-7H,(H2,15,17). The van der Waals surface area contributed by atoms with Gasteiger partial charge in [-0.05, 0) is 30.3 Å². The minimum Gasteiger partial charge on any atom is -0.456 e. The van der Waals surface area contributed by atoms with Gasteiger partial charge in [0.2, 0.25) is 5.91 Å². The number of hydrogen-bond donors (Lipinski definition) is 1. The van der Waals surface area contributed by atoms with Gasteiger partial charge in [-0.3, -0.25) is 14.9 Å². The lowest BCUT2D eigenvalue weighted by molar-refractivity contribution is -0.384. The van der Waals surface area contributed by atoms with Gasteiger partial charge in [-0.2, -0.15) is 0 Å². The van der Waals surface area contributed by atoms with Crippen LogP contribution in [0.3, 0.4) is 0 Å². The van der Waals surface area contributed by atoms with Crippen molar-refractivity contribution in [1.29, 1.82) is 0 Å². The summed E-state index contributed by atoms with van der Waals surface area (Å²) in [5.41, 5.74) is 5.36. The molecule has 2 aromatic rings. The van der Waals surface area contributed by atoms with Crippen LogP contribution in [-0.2, 0) is 0 Å². The minimum absolute atomic E-state index is 0.119. The Hall–Kier alpha value is -2.60. The highest BCUT2D eigenvalue weighted by atomic mass is 35.5. The van der Waals surface area contributed by atoms with Crippen LogP contribution in [0.1, 0.15) is 10.4 Å². The van der Waals surface area contributed by atoms with Crippen LogP contribution in [0.4, 0.5) is 5.69 Å². The highest BCUT2D eigenvalue weighted by Crippen LogP contribution is 2.32. The van der Waals surface area contributed by atoms with E-state index in [1.807, 2.05) is 0 Å². The Balaban J connectivity index is 2.21. The fourth-order valence-corrected chi connectivity index (χ4v) is 1.71. The third kappa shape index (κ3) is 3.04. The molecule has 0 bridgehead atoms. The maximum absolute atomic E-state index is 10.9. The van der Waals surface area contributed by atoms with Crippen molar-refractivity contribution in [3.05, 3.63) is 63.2 Å². The van der Waals surface area contributed by atoms with Gasteiger partial charge >= 0.3 is 0 Å². The third-order valence-electron chi connectivity index (χ3n) is 2.49. The molecule has 102 valence electrons. The Bertz CT molecular complexity index is 671. The van der Waals surface area contributed by atoms with Gasteiger partial charge in [0.1, 0.15) is 11.5 Å². The number of carbonyl (C=O) groups excluding carboxylic acids is 1. The molecule has 0 unspecified atom stereocenters. The summed E-state index contributed by atoms with van der Waals surface area (Å²) in [5.74, 6) is 0.180. The monoisotopic (exact) mass is 292 g/mol. The van der Waals surface area contributed by atoms with E-state index in [0.29, 0.717) is 11.3 Å². The van der Waals surface area contributed by atoms with Crippen LogP contribution >= 0.6 is 11.6 Å². The molecular formula is C13H9ClN2O4. The fraction of sp³-hybridized carbons (Fsp3) is 0. The van der Waals surface area contributed by atoms with Gasteiger partial charge in [0.25, 0.3) is 5.69 Å². The second-order valence-electron chi connectivity index (χ2n) is 3.86. The molecule has 2 aromatic carbocycles. The van der Waals surface area contributed by atoms with E-state index >= 15 is 0 Å². The Labute approximate surface area is 118 Å². The average molecular weight is 293 g/mol. The number of primary amides is 1. The average Bonchev–Trinajstić information content (AvgIpc) is 2.41. The molecule has 0 saturated carbocycles. The number of rotatable bonds is 4. The highest BCUT2D eigenvalue weighted by molar-refractivity contribution is 6.32. The molecule has 2 N–H and O–H groups in total. The van der Waals surface area contributed by atoms with Gasteiger partial charge in [-0.15, -0.1) is 0 Å². The maximum atomic E-state index is 10.9. The molecule has 2 rings (SSSR count). The first-order valence-electron chi connectivity index (χ1n) is 5.49. The Kier molecular flexibility index (Phi) is 3.86. The van der Waals surface area contributed by atoms with Crippen molar-refractivity contribution >= 4 is 23.2 Å². The second kappa shape index (κ2) is 5.58. The number of ether oxygens (including phenoxy) is 1. The minimum atomic E-state index is -0.544. The smallest absolute Gasteiger partial charge is 0.271 e. The van der Waals surface area contributed by atoms with Crippen molar-refractivity contribution in [2.24, 2.45) is 5.73 Å². The molecule has 0 aliphatic rings. The largest absolute Gasteiger partial charge is 0.456 e. The first-order chi connectivity index (χ1) is 9.47. The van der Waals surface area contributed by atoms with Crippen molar-refractivity contribution in [2.45, 2.75) is 0 Å². The maximum Gasteiger partial charge on any atom is 0.271 e. The van der Waals surface area contributed by atoms with Crippen LogP contribution in [0.25, 0.3) is 0 Å². The third-order valence-corrected chi connectivity index (χ3v) is 2.79. The molecular weight excluding hydrogens is 284 g/mol. The summed E-state index contributed by atoms with van der Waals surface area (Å²) >= 11 is 5.90. The zero-order valence-corrected chi connectivity index (χ0v) is 10.8. The lowest BCUT2D eigenvalue weighted by Gasteiger charge is -2.07. The van der Waals surface area contributed by atoms with Crippen LogP contribution in [-0.4, -0.2) is 10.8 Å². The molecule has 20 heavy (non-hydrogen) atoms. The van der Waals surface area contributed by atoms with E-state index in [2.05, 4.69) is 0 Å². The van der Waals surface area contributed by atoms with E-state index in [1.165, 1.54) is 30.3 Å². The summed E-state index contributed by atoms with van der Waals surface area (Å²) in [6.45, 7) is 0. The summed E-state index contributed by atoms with van der Waals surface area (Å²) < 4.78 is 5.47. The molecule has 0 saturated heterocycles. The number of hydrogen-bond acceptors (Lipinski definition) is 4. The zero-order chi connectivity index (χ0) is 14.7. The van der Waals surface area contributed by atoms with Crippen LogP contribution in [0.15, 0.2) is 42.5 Å². The van der Waals surface area contributed by atoms with Crippen LogP contribution in [0, 0.1) is 10.1 Å². The second-order valence-corrected chi connectivity index (χ2v) is 4.27. The van der Waals surface area contributed by atoms with Crippen molar-refractivity contribution < 1.29 is 14.5 Å². The van der Waals surface area contributed by atoms with Gasteiger partial charge in [0.15, 0.2) is 0 Å². The summed E-state index contributed by atoms with van der Waals surface area (Å²) in [7, 11) is 0. The first kappa shape index (κ1) is 13.8. The van der Waals surface area contributed by atoms with E-state index in [-0.39, 0.29) is 16.5 Å². The van der Waals surface area contributed by atoms with E-state index in [4.69, 9.17) is 22.1 Å². The summed E-state index contributed by atoms with van der Waals surface area (Å²) in [6, 6.07) is 10.0. The van der Waals surface area contributed by atoms with Gasteiger partial charge in [0, 0.05) is 17.7 Å². The molecule has 0 aliphatic heterocycles. The highest BCUT2D eigenvalue weighted by Gasteiger charge is 2.11. The number of carbonyl (C=O) groups is 1. The molecule has 6 nitrogen and oxygen atoms in total. The molecule has 0 aromatic heterocycles. The van der Waals surface area contributed by atoms with Gasteiger partial charge in [-0.1, -0.05) is 11.6 Å². The topological polar surface area (TPSA) is 95.5 Å². The predicted molar refractivity (Wildman–Crippen MR) is 73.1 cm³/mol. The summed E-state index contributed by atoms with van der Waals surface area (Å²) in [6.07, 6.45) is 0. The normalized spacial score (nSPS) is 10.1. The number of nitrogens with zero attached hydrogens (tertiary/aromatic N) is 1. The molecule has 0 spiro atoms. The van der Waals surface area contributed by atoms with Crippen molar-refractivity contribution in [1.82, 2.24) is 0 Å². The van der Waals surface area contributed by atoms with Crippen LogP contribution in [0.2, 0.25) is 5.02 Å². The van der Waals surface area contributed by atoms with E-state index in [1.54, 1.807) is 12.1 Å². The number of halogens is 1. The first-order valence-corrected chi connectivity index (χ1v) is 5.87. The summed E-state index contributed by atoms with van der Waals surface area (Å²) in [4.78, 5) is 21.0. The van der Waals surface area contributed by atoms with Crippen molar-refractivity contribution in [3.63, 3.8) is 0 Å². The number of nitrogens with two attached hydrogens (primary N) is 1. The molecule has 1 amide bonds. The van der Waals surface area contributed by atoms with E-state index in [9.17, 15) is 14.9 Å². The molecule has 0 aliphatic carbocycles. The molecule has 0 radical (unpaired) electrons. The number of amides is 1. The SMILES string of the molecule is NC(=O)c1ccc(Oc2ccc([N+](=O)[O-])cc2Cl)cc1. The fourth-order valence-electron chi connectivity index (χ4n) is 1.50. The Morgan fingerprint density at radius 2 is 1.85 bits per heavy atom. The quantitative estimate of drug-likeness (QED) is 0.691. The Morgan fingerprint density at radius 1 is 1.20 bits per heavy atom.